The monoisotopic (exact) mass is 339 g/mol. The van der Waals surface area contributed by atoms with Crippen LogP contribution in [0.4, 0.5) is 4.79 Å². The summed E-state index contributed by atoms with van der Waals surface area (Å²) in [6.07, 6.45) is 3.03. The summed E-state index contributed by atoms with van der Waals surface area (Å²) in [5, 5.41) is 8.29. The Balaban J connectivity index is 1.86. The maximum Gasteiger partial charge on any atom is 0.412 e. The number of para-hydroxylation sites is 1. The van der Waals surface area contributed by atoms with E-state index in [0.717, 1.165) is 16.6 Å². The van der Waals surface area contributed by atoms with E-state index in [1.165, 1.54) is 0 Å². The minimum absolute atomic E-state index is 0.240. The van der Waals surface area contributed by atoms with Crippen molar-refractivity contribution < 1.29 is 9.53 Å². The standard InChI is InChI=1S/C18H21N5O2/c1-18(2,3)25-17(24)22(12-14-7-6-10-19-11-14)13-23-16-9-5-4-8-15(16)20-21-23/h4-11H,12-13H2,1-3H3. The molecule has 130 valence electrons. The normalized spacial score (nSPS) is 11.5. The number of benzene rings is 1. The number of carbonyl (C=O) groups excluding carboxylic acids is 1. The van der Waals surface area contributed by atoms with Gasteiger partial charge in [0.25, 0.3) is 0 Å². The van der Waals surface area contributed by atoms with Gasteiger partial charge in [0.1, 0.15) is 17.8 Å². The summed E-state index contributed by atoms with van der Waals surface area (Å²) in [5.74, 6) is 0. The van der Waals surface area contributed by atoms with Crippen molar-refractivity contribution in [3.05, 3.63) is 54.4 Å². The zero-order valence-electron chi connectivity index (χ0n) is 14.6. The molecule has 2 aromatic heterocycles. The van der Waals surface area contributed by atoms with E-state index < -0.39 is 11.7 Å². The van der Waals surface area contributed by atoms with Crippen LogP contribution in [0.5, 0.6) is 0 Å². The lowest BCUT2D eigenvalue weighted by molar-refractivity contribution is 0.0161. The van der Waals surface area contributed by atoms with Crippen LogP contribution in [0, 0.1) is 0 Å². The fourth-order valence-corrected chi connectivity index (χ4v) is 2.39. The highest BCUT2D eigenvalue weighted by molar-refractivity contribution is 5.74. The van der Waals surface area contributed by atoms with Gasteiger partial charge in [0.15, 0.2) is 0 Å². The molecular formula is C18H21N5O2. The Morgan fingerprint density at radius 2 is 2.00 bits per heavy atom. The summed E-state index contributed by atoms with van der Waals surface area (Å²) in [4.78, 5) is 18.3. The molecule has 0 N–H and O–H groups in total. The molecule has 25 heavy (non-hydrogen) atoms. The summed E-state index contributed by atoms with van der Waals surface area (Å²) >= 11 is 0. The first kappa shape index (κ1) is 16.9. The van der Waals surface area contributed by atoms with Gasteiger partial charge in [-0.1, -0.05) is 23.4 Å². The SMILES string of the molecule is CC(C)(C)OC(=O)N(Cc1cccnc1)Cn1nnc2ccccc21. The zero-order valence-corrected chi connectivity index (χ0v) is 14.6. The molecule has 0 bridgehead atoms. The number of carbonyl (C=O) groups is 1. The number of hydrogen-bond donors (Lipinski definition) is 0. The number of pyridine rings is 1. The largest absolute Gasteiger partial charge is 0.444 e. The van der Waals surface area contributed by atoms with Crippen molar-refractivity contribution in [1.29, 1.82) is 0 Å². The second-order valence-electron chi connectivity index (χ2n) is 6.76. The average Bonchev–Trinajstić information content (AvgIpc) is 2.97. The van der Waals surface area contributed by atoms with Crippen molar-refractivity contribution >= 4 is 17.1 Å². The minimum Gasteiger partial charge on any atom is -0.444 e. The predicted molar refractivity (Wildman–Crippen MR) is 93.5 cm³/mol. The fourth-order valence-electron chi connectivity index (χ4n) is 2.39. The number of ether oxygens (including phenoxy) is 1. The van der Waals surface area contributed by atoms with E-state index in [1.807, 2.05) is 57.2 Å². The molecule has 7 heteroatoms. The number of aromatic nitrogens is 4. The molecule has 2 heterocycles. The second kappa shape index (κ2) is 6.88. The Bertz CT molecular complexity index is 855. The fraction of sp³-hybridized carbons (Fsp3) is 0.333. The Hall–Kier alpha value is -2.96. The van der Waals surface area contributed by atoms with E-state index >= 15 is 0 Å². The van der Waals surface area contributed by atoms with Crippen LogP contribution in [0.25, 0.3) is 11.0 Å². The van der Waals surface area contributed by atoms with Crippen molar-refractivity contribution in [2.75, 3.05) is 0 Å². The van der Waals surface area contributed by atoms with E-state index in [0.29, 0.717) is 6.54 Å². The lowest BCUT2D eigenvalue weighted by Crippen LogP contribution is -2.37. The summed E-state index contributed by atoms with van der Waals surface area (Å²) in [7, 11) is 0. The van der Waals surface area contributed by atoms with Gasteiger partial charge in [0.2, 0.25) is 0 Å². The highest BCUT2D eigenvalue weighted by atomic mass is 16.6. The number of hydrogen-bond acceptors (Lipinski definition) is 5. The van der Waals surface area contributed by atoms with Crippen LogP contribution in [0.1, 0.15) is 26.3 Å². The maximum absolute atomic E-state index is 12.6. The van der Waals surface area contributed by atoms with Crippen LogP contribution in [0.15, 0.2) is 48.8 Å². The third kappa shape index (κ3) is 4.32. The molecule has 0 aliphatic carbocycles. The van der Waals surface area contributed by atoms with Gasteiger partial charge in [-0.25, -0.2) is 9.48 Å². The summed E-state index contributed by atoms with van der Waals surface area (Å²) in [6.45, 7) is 6.15. The molecule has 0 radical (unpaired) electrons. The van der Waals surface area contributed by atoms with E-state index in [2.05, 4.69) is 15.3 Å². The third-order valence-corrected chi connectivity index (χ3v) is 3.47. The Morgan fingerprint density at radius 3 is 2.72 bits per heavy atom. The smallest absolute Gasteiger partial charge is 0.412 e. The van der Waals surface area contributed by atoms with Crippen LogP contribution >= 0.6 is 0 Å². The van der Waals surface area contributed by atoms with Crippen LogP contribution < -0.4 is 0 Å². The van der Waals surface area contributed by atoms with Crippen LogP contribution in [-0.2, 0) is 18.0 Å². The molecule has 1 amide bonds. The van der Waals surface area contributed by atoms with E-state index in [9.17, 15) is 4.79 Å². The van der Waals surface area contributed by atoms with Gasteiger partial charge in [-0.3, -0.25) is 9.88 Å². The van der Waals surface area contributed by atoms with Crippen molar-refractivity contribution in [3.8, 4) is 0 Å². The van der Waals surface area contributed by atoms with Gasteiger partial charge in [-0.05, 0) is 44.5 Å². The van der Waals surface area contributed by atoms with Gasteiger partial charge < -0.3 is 4.74 Å². The molecule has 3 rings (SSSR count). The topological polar surface area (TPSA) is 73.1 Å². The number of amides is 1. The van der Waals surface area contributed by atoms with Crippen LogP contribution in [0.3, 0.4) is 0 Å². The second-order valence-corrected chi connectivity index (χ2v) is 6.76. The van der Waals surface area contributed by atoms with Gasteiger partial charge >= 0.3 is 6.09 Å². The highest BCUT2D eigenvalue weighted by Gasteiger charge is 2.23. The predicted octanol–water partition coefficient (Wildman–Crippen LogP) is 3.22. The number of rotatable bonds is 4. The third-order valence-electron chi connectivity index (χ3n) is 3.47. The van der Waals surface area contributed by atoms with Gasteiger partial charge in [0.05, 0.1) is 12.1 Å². The number of nitrogens with zero attached hydrogens (tertiary/aromatic N) is 5. The highest BCUT2D eigenvalue weighted by Crippen LogP contribution is 2.15. The first-order valence-electron chi connectivity index (χ1n) is 8.07. The van der Waals surface area contributed by atoms with Crippen LogP contribution in [0.2, 0.25) is 0 Å². The molecule has 0 aliphatic heterocycles. The van der Waals surface area contributed by atoms with Gasteiger partial charge in [0, 0.05) is 12.4 Å². The zero-order chi connectivity index (χ0) is 17.9. The lowest BCUT2D eigenvalue weighted by Gasteiger charge is -2.27. The number of fused-ring (bicyclic) bond motifs is 1. The minimum atomic E-state index is -0.575. The maximum atomic E-state index is 12.6. The molecular weight excluding hydrogens is 318 g/mol. The summed E-state index contributed by atoms with van der Waals surface area (Å²) in [5.41, 5.74) is 1.99. The Kier molecular flexibility index (Phi) is 4.65. The average molecular weight is 339 g/mol. The van der Waals surface area contributed by atoms with Gasteiger partial charge in [-0.15, -0.1) is 5.10 Å². The molecule has 1 aromatic carbocycles. The van der Waals surface area contributed by atoms with E-state index in [1.54, 1.807) is 22.0 Å². The molecule has 0 fully saturated rings. The molecule has 0 atom stereocenters. The van der Waals surface area contributed by atoms with Crippen molar-refractivity contribution in [1.82, 2.24) is 24.9 Å². The van der Waals surface area contributed by atoms with Crippen molar-refractivity contribution in [2.24, 2.45) is 0 Å². The van der Waals surface area contributed by atoms with Gasteiger partial charge in [-0.2, -0.15) is 0 Å². The first-order chi connectivity index (χ1) is 11.9. The summed E-state index contributed by atoms with van der Waals surface area (Å²) < 4.78 is 7.23. The summed E-state index contributed by atoms with van der Waals surface area (Å²) in [6, 6.07) is 11.4. The molecule has 7 nitrogen and oxygen atoms in total. The van der Waals surface area contributed by atoms with E-state index in [4.69, 9.17) is 4.74 Å². The van der Waals surface area contributed by atoms with Crippen molar-refractivity contribution in [3.63, 3.8) is 0 Å². The molecule has 0 saturated carbocycles. The molecule has 3 aromatic rings. The Morgan fingerprint density at radius 1 is 1.20 bits per heavy atom. The van der Waals surface area contributed by atoms with Crippen molar-refractivity contribution in [2.45, 2.75) is 39.6 Å². The van der Waals surface area contributed by atoms with E-state index in [-0.39, 0.29) is 6.67 Å². The molecule has 0 spiro atoms. The first-order valence-corrected chi connectivity index (χ1v) is 8.07. The quantitative estimate of drug-likeness (QED) is 0.730. The van der Waals surface area contributed by atoms with Crippen LogP contribution in [-0.4, -0.2) is 36.6 Å². The molecule has 0 saturated heterocycles. The molecule has 0 unspecified atom stereocenters. The lowest BCUT2D eigenvalue weighted by atomic mass is 10.2. The Labute approximate surface area is 146 Å². The molecule has 0 aliphatic rings.